The first-order chi connectivity index (χ1) is 14.9. The number of hydrogen-bond acceptors (Lipinski definition) is 5. The normalized spacial score (nSPS) is 17.7. The number of carbonyl (C=O) groups excluding carboxylic acids is 1. The van der Waals surface area contributed by atoms with E-state index in [2.05, 4.69) is 11.4 Å². The van der Waals surface area contributed by atoms with E-state index in [9.17, 15) is 18.5 Å². The number of hydrogen-bond donors (Lipinski definition) is 2. The van der Waals surface area contributed by atoms with E-state index in [1.807, 2.05) is 0 Å². The van der Waals surface area contributed by atoms with Crippen LogP contribution >= 0.6 is 22.9 Å². The second-order valence-electron chi connectivity index (χ2n) is 7.86. The van der Waals surface area contributed by atoms with Crippen LogP contribution in [0.5, 0.6) is 0 Å². The Labute approximate surface area is 191 Å². The molecule has 1 aromatic carbocycles. The summed E-state index contributed by atoms with van der Waals surface area (Å²) in [5, 5.41) is 13.6. The van der Waals surface area contributed by atoms with Crippen LogP contribution < -0.4 is 10.2 Å². The molecule has 1 amide bonds. The summed E-state index contributed by atoms with van der Waals surface area (Å²) in [6.45, 7) is 2.05. The van der Waals surface area contributed by atoms with E-state index in [0.29, 0.717) is 41.8 Å². The van der Waals surface area contributed by atoms with Gasteiger partial charge in [0.1, 0.15) is 11.1 Å². The number of nitriles is 1. The van der Waals surface area contributed by atoms with Crippen molar-refractivity contribution in [2.45, 2.75) is 30.6 Å². The van der Waals surface area contributed by atoms with Gasteiger partial charge in [0.05, 0.1) is 36.6 Å². The molecule has 1 aliphatic heterocycles. The number of amides is 1. The standard InChI is InChI=1S/C21H23ClN4O3S2/c22-15-5-7-16(8-6-15)31(28,29)26-11-9-25(10-12-26)14-20(27)24-21-18(13-23)17-3-1-2-4-19(17)30-21/h5-8H,1-4,9-12,14H2,(H,24,27)/p+1. The van der Waals surface area contributed by atoms with Gasteiger partial charge in [-0.05, 0) is 55.5 Å². The van der Waals surface area contributed by atoms with Crippen LogP contribution in [0.2, 0.25) is 5.02 Å². The number of nitrogens with one attached hydrogen (secondary N) is 2. The summed E-state index contributed by atoms with van der Waals surface area (Å²) in [5.41, 5.74) is 1.71. The zero-order chi connectivity index (χ0) is 22.0. The van der Waals surface area contributed by atoms with Gasteiger partial charge in [0.15, 0.2) is 6.54 Å². The van der Waals surface area contributed by atoms with Crippen molar-refractivity contribution in [3.05, 3.63) is 45.3 Å². The molecule has 10 heteroatoms. The third-order valence-electron chi connectivity index (χ3n) is 5.83. The first kappa shape index (κ1) is 22.2. The number of nitrogens with zero attached hydrogens (tertiary/aromatic N) is 2. The van der Waals surface area contributed by atoms with Crippen LogP contribution in [-0.2, 0) is 27.7 Å². The van der Waals surface area contributed by atoms with Crippen LogP contribution in [0.3, 0.4) is 0 Å². The molecule has 2 heterocycles. The highest BCUT2D eigenvalue weighted by atomic mass is 35.5. The Bertz CT molecular complexity index is 1110. The third-order valence-corrected chi connectivity index (χ3v) is 9.20. The highest BCUT2D eigenvalue weighted by Gasteiger charge is 2.31. The van der Waals surface area contributed by atoms with E-state index in [4.69, 9.17) is 11.6 Å². The second-order valence-corrected chi connectivity index (χ2v) is 11.3. The second kappa shape index (κ2) is 9.27. The summed E-state index contributed by atoms with van der Waals surface area (Å²) < 4.78 is 27.1. The van der Waals surface area contributed by atoms with Crippen molar-refractivity contribution in [1.82, 2.24) is 4.31 Å². The van der Waals surface area contributed by atoms with Gasteiger partial charge in [0.2, 0.25) is 10.0 Å². The molecule has 2 aliphatic rings. The van der Waals surface area contributed by atoms with Gasteiger partial charge in [-0.15, -0.1) is 11.3 Å². The number of rotatable bonds is 5. The maximum Gasteiger partial charge on any atom is 0.280 e. The number of fused-ring (bicyclic) bond motifs is 1. The van der Waals surface area contributed by atoms with E-state index >= 15 is 0 Å². The summed E-state index contributed by atoms with van der Waals surface area (Å²) >= 11 is 7.37. The number of anilines is 1. The average molecular weight is 480 g/mol. The Hall–Kier alpha value is -1.96. The minimum absolute atomic E-state index is 0.140. The molecule has 1 aromatic heterocycles. The van der Waals surface area contributed by atoms with Crippen LogP contribution in [0.4, 0.5) is 5.00 Å². The Morgan fingerprint density at radius 3 is 2.55 bits per heavy atom. The minimum Gasteiger partial charge on any atom is -0.325 e. The number of thiophene rings is 1. The molecule has 0 radical (unpaired) electrons. The Morgan fingerprint density at radius 2 is 1.87 bits per heavy atom. The fraction of sp³-hybridized carbons (Fsp3) is 0.429. The highest BCUT2D eigenvalue weighted by Crippen LogP contribution is 2.37. The largest absolute Gasteiger partial charge is 0.325 e. The van der Waals surface area contributed by atoms with E-state index in [0.717, 1.165) is 36.1 Å². The maximum absolute atomic E-state index is 12.8. The molecular formula is C21H24ClN4O3S2+. The summed E-state index contributed by atoms with van der Waals surface area (Å²) in [6.07, 6.45) is 4.08. The van der Waals surface area contributed by atoms with Gasteiger partial charge in [-0.2, -0.15) is 9.57 Å². The van der Waals surface area contributed by atoms with Crippen LogP contribution in [-0.4, -0.2) is 51.4 Å². The minimum atomic E-state index is -3.56. The lowest BCUT2D eigenvalue weighted by Crippen LogP contribution is -3.15. The van der Waals surface area contributed by atoms with E-state index in [-0.39, 0.29) is 17.3 Å². The van der Waals surface area contributed by atoms with Gasteiger partial charge < -0.3 is 10.2 Å². The third kappa shape index (κ3) is 4.78. The molecule has 0 bridgehead atoms. The molecule has 7 nitrogen and oxygen atoms in total. The topological polar surface area (TPSA) is 94.7 Å². The van der Waals surface area contributed by atoms with Crippen molar-refractivity contribution < 1.29 is 18.1 Å². The zero-order valence-corrected chi connectivity index (χ0v) is 19.4. The lowest BCUT2D eigenvalue weighted by atomic mass is 9.96. The van der Waals surface area contributed by atoms with Crippen LogP contribution in [0, 0.1) is 11.3 Å². The molecule has 1 aliphatic carbocycles. The van der Waals surface area contributed by atoms with Crippen molar-refractivity contribution in [2.24, 2.45) is 0 Å². The monoisotopic (exact) mass is 479 g/mol. The van der Waals surface area contributed by atoms with Gasteiger partial charge in [0.25, 0.3) is 5.91 Å². The molecule has 0 unspecified atom stereocenters. The molecule has 164 valence electrons. The summed E-state index contributed by atoms with van der Waals surface area (Å²) in [6, 6.07) is 8.42. The molecule has 2 aromatic rings. The van der Waals surface area contributed by atoms with Gasteiger partial charge in [-0.25, -0.2) is 8.42 Å². The SMILES string of the molecule is N#Cc1c(NC(=O)C[NH+]2CCN(S(=O)(=O)c3ccc(Cl)cc3)CC2)sc2c1CCCC2. The predicted molar refractivity (Wildman–Crippen MR) is 120 cm³/mol. The molecule has 2 N–H and O–H groups in total. The quantitative estimate of drug-likeness (QED) is 0.682. The van der Waals surface area contributed by atoms with Gasteiger partial charge in [-0.3, -0.25) is 4.79 Å². The van der Waals surface area contributed by atoms with E-state index < -0.39 is 10.0 Å². The number of piperazine rings is 1. The first-order valence-electron chi connectivity index (χ1n) is 10.3. The molecule has 0 saturated carbocycles. The van der Waals surface area contributed by atoms with Crippen molar-refractivity contribution in [2.75, 3.05) is 38.0 Å². The number of quaternary nitrogens is 1. The van der Waals surface area contributed by atoms with Crippen LogP contribution in [0.25, 0.3) is 0 Å². The fourth-order valence-corrected chi connectivity index (χ4v) is 6.97. The molecule has 1 saturated heterocycles. The zero-order valence-electron chi connectivity index (χ0n) is 17.0. The van der Waals surface area contributed by atoms with Gasteiger partial charge in [0, 0.05) is 9.90 Å². The van der Waals surface area contributed by atoms with Crippen LogP contribution in [0.1, 0.15) is 28.8 Å². The molecule has 31 heavy (non-hydrogen) atoms. The molecular weight excluding hydrogens is 456 g/mol. The highest BCUT2D eigenvalue weighted by molar-refractivity contribution is 7.89. The fourth-order valence-electron chi connectivity index (χ4n) is 4.15. The number of carbonyl (C=O) groups is 1. The van der Waals surface area contributed by atoms with Crippen molar-refractivity contribution in [3.8, 4) is 6.07 Å². The average Bonchev–Trinajstić information content (AvgIpc) is 3.11. The van der Waals surface area contributed by atoms with Gasteiger partial charge in [-0.1, -0.05) is 11.6 Å². The summed E-state index contributed by atoms with van der Waals surface area (Å²) in [4.78, 5) is 15.1. The Morgan fingerprint density at radius 1 is 1.19 bits per heavy atom. The Kier molecular flexibility index (Phi) is 6.65. The lowest BCUT2D eigenvalue weighted by molar-refractivity contribution is -0.895. The summed E-state index contributed by atoms with van der Waals surface area (Å²) in [7, 11) is -3.56. The summed E-state index contributed by atoms with van der Waals surface area (Å²) in [5.74, 6) is -0.140. The molecule has 4 rings (SSSR count). The van der Waals surface area contributed by atoms with E-state index in [1.165, 1.54) is 32.7 Å². The van der Waals surface area contributed by atoms with Crippen LogP contribution in [0.15, 0.2) is 29.2 Å². The molecule has 0 spiro atoms. The van der Waals surface area contributed by atoms with Crippen molar-refractivity contribution >= 4 is 43.9 Å². The van der Waals surface area contributed by atoms with E-state index in [1.54, 1.807) is 12.1 Å². The molecule has 0 atom stereocenters. The molecule has 1 fully saturated rings. The Balaban J connectivity index is 1.34. The first-order valence-corrected chi connectivity index (χ1v) is 13.0. The van der Waals surface area contributed by atoms with Gasteiger partial charge >= 0.3 is 0 Å². The number of benzene rings is 1. The smallest absolute Gasteiger partial charge is 0.280 e. The number of aryl methyl sites for hydroxylation is 1. The lowest BCUT2D eigenvalue weighted by Gasteiger charge is -2.31. The maximum atomic E-state index is 12.8. The van der Waals surface area contributed by atoms with Crippen molar-refractivity contribution in [1.29, 1.82) is 5.26 Å². The number of halogens is 1. The number of sulfonamides is 1. The van der Waals surface area contributed by atoms with Crippen molar-refractivity contribution in [3.63, 3.8) is 0 Å². The predicted octanol–water partition coefficient (Wildman–Crippen LogP) is 1.68.